The number of amides is 1. The van der Waals surface area contributed by atoms with Crippen LogP contribution < -0.4 is 25.8 Å². The average molecular weight is 1160 g/mol. The molecule has 1 amide bonds. The van der Waals surface area contributed by atoms with E-state index in [2.05, 4.69) is 58.3 Å². The fraction of sp³-hybridized carbons (Fsp3) is 0.483. The van der Waals surface area contributed by atoms with Gasteiger partial charge in [-0.2, -0.15) is 20.2 Å². The number of rotatable bonds is 14. The minimum Gasteiger partial charge on any atom is -0.444 e. The van der Waals surface area contributed by atoms with E-state index in [1.54, 1.807) is 15.6 Å². The monoisotopic (exact) mass is 1160 g/mol. The van der Waals surface area contributed by atoms with Crippen LogP contribution in [-0.4, -0.2) is 141 Å². The summed E-state index contributed by atoms with van der Waals surface area (Å²) >= 11 is 12.2. The van der Waals surface area contributed by atoms with E-state index in [1.165, 1.54) is 12.8 Å². The van der Waals surface area contributed by atoms with Crippen LogP contribution in [0.3, 0.4) is 0 Å². The Morgan fingerprint density at radius 1 is 0.646 bits per heavy atom. The van der Waals surface area contributed by atoms with Crippen molar-refractivity contribution in [3.05, 3.63) is 131 Å². The standard InChI is InChI=1S/C32H41ClN8O3.C27H33ClN8O.CH4/c1-31(2,3)44-30(43)39-15-10-23(11-16-39)20-40-21-26(19-34-40)35-29-36-28-27(5-4-14-41(28)37-29)38-17-12-32(22-42,13-18-38)24-6-8-25(33)9-7-24;28-22-5-3-21(4-6-22)27(19-37)9-14-34(15-10-27)24-2-1-13-36-25(24)32-26(33-36)31-23-16-30-35(18-23)17-20-7-11-29-12-8-20;/h4-9,14,19,21,23,42H,10-13,15-18,20,22H2,1-3H3,(H,35,37);1-6,13,16,18,20,29,37H,7-12,14-15,17,19H2,(H,31,33);1H4. The predicted octanol–water partition coefficient (Wildman–Crippen LogP) is 9.99. The van der Waals surface area contributed by atoms with Crippen molar-refractivity contribution in [3.63, 3.8) is 0 Å². The predicted molar refractivity (Wildman–Crippen MR) is 323 cm³/mol. The lowest BCUT2D eigenvalue weighted by Gasteiger charge is -2.42. The van der Waals surface area contributed by atoms with Gasteiger partial charge in [-0.25, -0.2) is 13.8 Å². The van der Waals surface area contributed by atoms with Crippen molar-refractivity contribution in [1.82, 2.24) is 59.0 Å². The summed E-state index contributed by atoms with van der Waals surface area (Å²) in [4.78, 5) is 28.5. The second-order valence-corrected chi connectivity index (χ2v) is 24.2. The number of halogens is 2. The lowest BCUT2D eigenvalue weighted by Crippen LogP contribution is -2.45. The molecule has 4 fully saturated rings. The molecule has 4 aliphatic heterocycles. The Morgan fingerprint density at radius 2 is 1.07 bits per heavy atom. The largest absolute Gasteiger partial charge is 0.444 e. The van der Waals surface area contributed by atoms with Gasteiger partial charge in [-0.3, -0.25) is 9.36 Å². The lowest BCUT2D eigenvalue weighted by molar-refractivity contribution is 0.0177. The highest BCUT2D eigenvalue weighted by atomic mass is 35.5. The number of benzene rings is 2. The summed E-state index contributed by atoms with van der Waals surface area (Å²) in [5.41, 5.74) is 6.64. The summed E-state index contributed by atoms with van der Waals surface area (Å²) in [7, 11) is 0. The number of fused-ring (bicyclic) bond motifs is 2. The van der Waals surface area contributed by atoms with Crippen molar-refractivity contribution in [2.24, 2.45) is 11.8 Å². The number of aliphatic hydroxyl groups is 2. The zero-order valence-corrected chi connectivity index (χ0v) is 48.0. The number of carbonyl (C=O) groups excluding carboxylic acids is 1. The van der Waals surface area contributed by atoms with Gasteiger partial charge in [-0.05, 0) is 157 Å². The molecule has 436 valence electrons. The van der Waals surface area contributed by atoms with Crippen molar-refractivity contribution in [2.75, 3.05) is 86.0 Å². The molecular formula is C60H78Cl2N16O4. The molecule has 12 rings (SSSR count). The number of hydrogen-bond donors (Lipinski definition) is 5. The Balaban J connectivity index is 0.000000184. The highest BCUT2D eigenvalue weighted by molar-refractivity contribution is 6.30. The van der Waals surface area contributed by atoms with Gasteiger partial charge in [-0.1, -0.05) is 54.9 Å². The number of piperidine rings is 4. The maximum absolute atomic E-state index is 12.4. The smallest absolute Gasteiger partial charge is 0.410 e. The van der Waals surface area contributed by atoms with E-state index in [9.17, 15) is 15.0 Å². The summed E-state index contributed by atoms with van der Waals surface area (Å²) < 4.78 is 13.1. The highest BCUT2D eigenvalue weighted by Crippen LogP contribution is 2.40. The van der Waals surface area contributed by atoms with Crippen LogP contribution in [0.4, 0.5) is 39.4 Å². The van der Waals surface area contributed by atoms with Crippen molar-refractivity contribution in [2.45, 2.75) is 109 Å². The van der Waals surface area contributed by atoms with Gasteiger partial charge < -0.3 is 45.6 Å². The van der Waals surface area contributed by atoms with E-state index < -0.39 is 5.60 Å². The molecule has 0 bridgehead atoms. The zero-order chi connectivity index (χ0) is 56.1. The fourth-order valence-corrected chi connectivity index (χ4v) is 12.2. The van der Waals surface area contributed by atoms with E-state index in [4.69, 9.17) is 37.9 Å². The van der Waals surface area contributed by atoms with Gasteiger partial charge in [0.1, 0.15) is 5.60 Å². The maximum atomic E-state index is 12.4. The van der Waals surface area contributed by atoms with E-state index >= 15 is 0 Å². The summed E-state index contributed by atoms with van der Waals surface area (Å²) in [6.45, 7) is 14.4. The molecule has 6 aromatic heterocycles. The Kier molecular flexibility index (Phi) is 17.9. The molecule has 22 heteroatoms. The number of ether oxygens (including phenoxy) is 1. The van der Waals surface area contributed by atoms with Gasteiger partial charge in [0, 0.05) is 98.0 Å². The molecule has 0 unspecified atom stereocenters. The van der Waals surface area contributed by atoms with Gasteiger partial charge in [0.2, 0.25) is 11.9 Å². The van der Waals surface area contributed by atoms with Gasteiger partial charge in [0.25, 0.3) is 0 Å². The SMILES string of the molecule is C.CC(C)(C)OC(=O)N1CCC(Cn2cc(Nc3nc4c(N5CCC(CO)(c6ccc(Cl)cc6)CC5)cccn4n3)cn2)CC1.OCC1(c2ccc(Cl)cc2)CCN(c2cccn3nc(Nc4cnn(CC5CCNCC5)c4)nc23)CC1. The van der Waals surface area contributed by atoms with Gasteiger partial charge in [0.05, 0.1) is 48.4 Å². The van der Waals surface area contributed by atoms with Gasteiger partial charge >= 0.3 is 6.09 Å². The van der Waals surface area contributed by atoms with Crippen LogP contribution in [0.15, 0.2) is 110 Å². The number of anilines is 6. The topological polar surface area (TPSA) is 209 Å². The first-order chi connectivity index (χ1) is 39.2. The summed E-state index contributed by atoms with van der Waals surface area (Å²) in [6.07, 6.45) is 18.8. The number of aliphatic hydroxyl groups excluding tert-OH is 2. The molecule has 10 heterocycles. The molecule has 0 atom stereocenters. The molecule has 0 radical (unpaired) electrons. The zero-order valence-electron chi connectivity index (χ0n) is 46.5. The van der Waals surface area contributed by atoms with Gasteiger partial charge in [0.15, 0.2) is 11.3 Å². The maximum Gasteiger partial charge on any atom is 0.410 e. The molecule has 20 nitrogen and oxygen atoms in total. The fourth-order valence-electron chi connectivity index (χ4n) is 12.0. The molecular weight excluding hydrogens is 1080 g/mol. The van der Waals surface area contributed by atoms with Crippen molar-refractivity contribution >= 4 is 75.2 Å². The normalized spacial score (nSPS) is 17.8. The van der Waals surface area contributed by atoms with E-state index in [0.717, 1.165) is 136 Å². The number of nitrogens with one attached hydrogen (secondary N) is 3. The number of carbonyl (C=O) groups is 1. The van der Waals surface area contributed by atoms with Crippen LogP contribution in [0.5, 0.6) is 0 Å². The summed E-state index contributed by atoms with van der Waals surface area (Å²) in [5, 5.41) is 50.6. The van der Waals surface area contributed by atoms with Crippen LogP contribution >= 0.6 is 23.2 Å². The second-order valence-electron chi connectivity index (χ2n) is 23.3. The molecule has 4 saturated heterocycles. The Bertz CT molecular complexity index is 3360. The van der Waals surface area contributed by atoms with Crippen molar-refractivity contribution in [1.29, 1.82) is 0 Å². The van der Waals surface area contributed by atoms with Crippen LogP contribution in [-0.2, 0) is 28.7 Å². The molecule has 4 aliphatic rings. The summed E-state index contributed by atoms with van der Waals surface area (Å²) in [5.74, 6) is 2.16. The van der Waals surface area contributed by atoms with Crippen LogP contribution in [0.2, 0.25) is 10.0 Å². The molecule has 8 aromatic rings. The van der Waals surface area contributed by atoms with E-state index in [1.807, 2.05) is 126 Å². The first-order valence-corrected chi connectivity index (χ1v) is 29.2. The Labute approximate surface area is 489 Å². The van der Waals surface area contributed by atoms with Crippen LogP contribution in [0.25, 0.3) is 11.3 Å². The third-order valence-electron chi connectivity index (χ3n) is 16.7. The van der Waals surface area contributed by atoms with Crippen LogP contribution in [0.1, 0.15) is 90.7 Å². The van der Waals surface area contributed by atoms with Crippen molar-refractivity contribution < 1.29 is 19.7 Å². The average Bonchev–Trinajstić information content (AvgIpc) is 4.43. The van der Waals surface area contributed by atoms with Crippen molar-refractivity contribution in [3.8, 4) is 0 Å². The number of hydrogen-bond acceptors (Lipinski definition) is 15. The van der Waals surface area contributed by atoms with Crippen LogP contribution in [0, 0.1) is 11.8 Å². The second kappa shape index (κ2) is 25.3. The lowest BCUT2D eigenvalue weighted by atomic mass is 9.73. The third kappa shape index (κ3) is 13.4. The third-order valence-corrected chi connectivity index (χ3v) is 17.2. The molecule has 82 heavy (non-hydrogen) atoms. The first kappa shape index (κ1) is 58.2. The molecule has 0 aliphatic carbocycles. The Hall–Kier alpha value is -6.97. The minimum atomic E-state index is -0.483. The highest BCUT2D eigenvalue weighted by Gasteiger charge is 2.38. The minimum absolute atomic E-state index is 0. The van der Waals surface area contributed by atoms with Gasteiger partial charge in [-0.15, -0.1) is 10.2 Å². The molecule has 0 spiro atoms. The van der Waals surface area contributed by atoms with E-state index in [-0.39, 0.29) is 37.6 Å². The number of pyridine rings is 2. The molecule has 5 N–H and O–H groups in total. The molecule has 0 saturated carbocycles. The number of aromatic nitrogens is 10. The quantitative estimate of drug-likeness (QED) is 0.0686. The Morgan fingerprint density at radius 3 is 1.49 bits per heavy atom. The number of nitrogens with zero attached hydrogens (tertiary/aromatic N) is 13. The van der Waals surface area contributed by atoms with E-state index in [0.29, 0.717) is 46.9 Å². The molecule has 2 aromatic carbocycles. The number of likely N-dealkylation sites (tertiary alicyclic amines) is 1. The first-order valence-electron chi connectivity index (χ1n) is 28.4. The summed E-state index contributed by atoms with van der Waals surface area (Å²) in [6, 6.07) is 23.9.